The molecule has 0 saturated carbocycles. The predicted molar refractivity (Wildman–Crippen MR) is 118 cm³/mol. The molecule has 0 radical (unpaired) electrons. The van der Waals surface area contributed by atoms with E-state index in [1.165, 1.54) is 77.0 Å². The smallest absolute Gasteiger partial charge is 0.221 e. The largest absolute Gasteiger partial charge is 0.391 e. The minimum atomic E-state index is -1.20. The van der Waals surface area contributed by atoms with Gasteiger partial charge in [-0.05, 0) is 6.42 Å². The Labute approximate surface area is 183 Å². The molecule has 2 aliphatic heterocycles. The first-order valence-corrected chi connectivity index (χ1v) is 12.5. The molecule has 2 heterocycles. The lowest BCUT2D eigenvalue weighted by Crippen LogP contribution is -2.53. The maximum absolute atomic E-state index is 10.2. The van der Waals surface area contributed by atoms with Crippen molar-refractivity contribution >= 4 is 0 Å². The normalized spacial score (nSPS) is 25.9. The van der Waals surface area contributed by atoms with Gasteiger partial charge in [0, 0.05) is 6.61 Å². The van der Waals surface area contributed by atoms with Crippen molar-refractivity contribution < 1.29 is 29.2 Å². The second-order valence-electron chi connectivity index (χ2n) is 8.92. The Kier molecular flexibility index (Phi) is 13.5. The molecule has 0 aromatic heterocycles. The van der Waals surface area contributed by atoms with Gasteiger partial charge in [0.2, 0.25) is 5.79 Å². The first-order chi connectivity index (χ1) is 14.7. The van der Waals surface area contributed by atoms with Crippen molar-refractivity contribution in [2.24, 2.45) is 0 Å². The minimum Gasteiger partial charge on any atom is -0.391 e. The molecule has 2 N–H and O–H groups in total. The van der Waals surface area contributed by atoms with Crippen molar-refractivity contribution in [2.45, 2.75) is 121 Å². The molecule has 6 heteroatoms. The summed E-state index contributed by atoms with van der Waals surface area (Å²) in [5.41, 5.74) is 0. The van der Waals surface area contributed by atoms with Gasteiger partial charge in [-0.15, -0.1) is 0 Å². The highest BCUT2D eigenvalue weighted by molar-refractivity contribution is 4.96. The molecular weight excluding hydrogens is 384 g/mol. The summed E-state index contributed by atoms with van der Waals surface area (Å²) >= 11 is 0. The van der Waals surface area contributed by atoms with E-state index in [9.17, 15) is 10.2 Å². The molecule has 178 valence electrons. The van der Waals surface area contributed by atoms with Crippen molar-refractivity contribution in [1.29, 1.82) is 0 Å². The summed E-state index contributed by atoms with van der Waals surface area (Å²) in [5.74, 6) is -1.20. The second kappa shape index (κ2) is 15.5. The van der Waals surface area contributed by atoms with Crippen LogP contribution in [0.5, 0.6) is 0 Å². The summed E-state index contributed by atoms with van der Waals surface area (Å²) in [6.07, 6.45) is 16.7. The molecular formula is C24H46O6. The zero-order valence-corrected chi connectivity index (χ0v) is 19.2. The molecule has 0 aromatic rings. The molecule has 2 aliphatic rings. The van der Waals surface area contributed by atoms with Gasteiger partial charge in [0.05, 0.1) is 19.8 Å². The van der Waals surface area contributed by atoms with Gasteiger partial charge in [0.15, 0.2) is 0 Å². The Bertz CT molecular complexity index is 413. The summed E-state index contributed by atoms with van der Waals surface area (Å²) in [7, 11) is 0. The van der Waals surface area contributed by atoms with Crippen LogP contribution < -0.4 is 0 Å². The van der Waals surface area contributed by atoms with E-state index in [1.807, 2.05) is 0 Å². The summed E-state index contributed by atoms with van der Waals surface area (Å²) in [4.78, 5) is 0. The fourth-order valence-corrected chi connectivity index (χ4v) is 4.50. The fraction of sp³-hybridized carbons (Fsp3) is 1.00. The summed E-state index contributed by atoms with van der Waals surface area (Å²) in [6, 6.07) is 0. The summed E-state index contributed by atoms with van der Waals surface area (Å²) in [6.45, 7) is 3.57. The average Bonchev–Trinajstić information content (AvgIpc) is 3.38. The predicted octanol–water partition coefficient (Wildman–Crippen LogP) is 4.35. The SMILES string of the molecule is CCCCCCCCCCCCCCCCO[C@@H]1[C@@H](O)CO[C@@H]1C1(CO)OCCO1. The van der Waals surface area contributed by atoms with E-state index in [-0.39, 0.29) is 13.2 Å². The van der Waals surface area contributed by atoms with Gasteiger partial charge in [0.25, 0.3) is 0 Å². The highest BCUT2D eigenvalue weighted by Gasteiger charge is 2.54. The monoisotopic (exact) mass is 430 g/mol. The quantitative estimate of drug-likeness (QED) is 0.315. The maximum Gasteiger partial charge on any atom is 0.221 e. The molecule has 2 rings (SSSR count). The van der Waals surface area contributed by atoms with Crippen LogP contribution in [0.3, 0.4) is 0 Å². The Morgan fingerprint density at radius 3 is 1.80 bits per heavy atom. The van der Waals surface area contributed by atoms with E-state index in [0.29, 0.717) is 19.8 Å². The molecule has 6 nitrogen and oxygen atoms in total. The van der Waals surface area contributed by atoms with Gasteiger partial charge in [-0.1, -0.05) is 90.4 Å². The average molecular weight is 431 g/mol. The third-order valence-corrected chi connectivity index (χ3v) is 6.36. The van der Waals surface area contributed by atoms with Gasteiger partial charge in [-0.3, -0.25) is 0 Å². The minimum absolute atomic E-state index is 0.183. The number of ether oxygens (including phenoxy) is 4. The van der Waals surface area contributed by atoms with Gasteiger partial charge in [-0.2, -0.15) is 0 Å². The van der Waals surface area contributed by atoms with Gasteiger partial charge in [-0.25, -0.2) is 0 Å². The van der Waals surface area contributed by atoms with Crippen molar-refractivity contribution in [3.05, 3.63) is 0 Å². The van der Waals surface area contributed by atoms with E-state index in [0.717, 1.165) is 12.8 Å². The lowest BCUT2D eigenvalue weighted by molar-refractivity contribution is -0.258. The van der Waals surface area contributed by atoms with Crippen molar-refractivity contribution in [3.63, 3.8) is 0 Å². The molecule has 0 amide bonds. The Morgan fingerprint density at radius 1 is 0.800 bits per heavy atom. The van der Waals surface area contributed by atoms with Crippen molar-refractivity contribution in [1.82, 2.24) is 0 Å². The Balaban J connectivity index is 1.44. The third kappa shape index (κ3) is 8.71. The molecule has 2 saturated heterocycles. The van der Waals surface area contributed by atoms with Crippen LogP contribution in [-0.2, 0) is 18.9 Å². The number of hydrogen-bond donors (Lipinski definition) is 2. The number of aliphatic hydroxyl groups is 2. The first-order valence-electron chi connectivity index (χ1n) is 12.5. The highest BCUT2D eigenvalue weighted by atomic mass is 16.8. The standard InChI is InChI=1S/C24H46O6/c1-2-3-4-5-6-7-8-9-10-11-12-13-14-15-16-27-22-21(26)19-28-23(22)24(20-25)29-17-18-30-24/h21-23,25-26H,2-20H2,1H3/t21-,22+,23-/m0/s1. The number of rotatable bonds is 18. The molecule has 0 spiro atoms. The molecule has 2 fully saturated rings. The maximum atomic E-state index is 10.2. The van der Waals surface area contributed by atoms with Crippen LogP contribution in [0.15, 0.2) is 0 Å². The van der Waals surface area contributed by atoms with Crippen LogP contribution in [0.25, 0.3) is 0 Å². The molecule has 0 bridgehead atoms. The number of hydrogen-bond acceptors (Lipinski definition) is 6. The molecule has 3 atom stereocenters. The zero-order valence-electron chi connectivity index (χ0n) is 19.2. The van der Waals surface area contributed by atoms with Crippen molar-refractivity contribution in [2.75, 3.05) is 33.0 Å². The van der Waals surface area contributed by atoms with Crippen LogP contribution in [0.2, 0.25) is 0 Å². The lowest BCUT2D eigenvalue weighted by Gasteiger charge is -2.34. The van der Waals surface area contributed by atoms with E-state index in [1.54, 1.807) is 0 Å². The zero-order chi connectivity index (χ0) is 21.5. The number of unbranched alkanes of at least 4 members (excludes halogenated alkanes) is 13. The van der Waals surface area contributed by atoms with Crippen LogP contribution in [0.1, 0.15) is 96.8 Å². The van der Waals surface area contributed by atoms with E-state index in [2.05, 4.69) is 6.92 Å². The third-order valence-electron chi connectivity index (χ3n) is 6.36. The van der Waals surface area contributed by atoms with Crippen LogP contribution >= 0.6 is 0 Å². The van der Waals surface area contributed by atoms with Gasteiger partial charge in [0.1, 0.15) is 24.9 Å². The highest BCUT2D eigenvalue weighted by Crippen LogP contribution is 2.33. The van der Waals surface area contributed by atoms with Crippen LogP contribution in [0.4, 0.5) is 0 Å². The number of aliphatic hydroxyl groups excluding tert-OH is 2. The summed E-state index contributed by atoms with van der Waals surface area (Å²) < 4.78 is 22.8. The van der Waals surface area contributed by atoms with Crippen molar-refractivity contribution in [3.8, 4) is 0 Å². The Hall–Kier alpha value is -0.240. The van der Waals surface area contributed by atoms with E-state index >= 15 is 0 Å². The van der Waals surface area contributed by atoms with E-state index < -0.39 is 24.1 Å². The molecule has 0 unspecified atom stereocenters. The van der Waals surface area contributed by atoms with Gasteiger partial charge >= 0.3 is 0 Å². The molecule has 0 aliphatic carbocycles. The Morgan fingerprint density at radius 2 is 1.30 bits per heavy atom. The topological polar surface area (TPSA) is 77.4 Å². The molecule has 0 aromatic carbocycles. The molecule has 30 heavy (non-hydrogen) atoms. The van der Waals surface area contributed by atoms with Gasteiger partial charge < -0.3 is 29.2 Å². The lowest BCUT2D eigenvalue weighted by atomic mass is 10.0. The summed E-state index contributed by atoms with van der Waals surface area (Å²) in [5, 5.41) is 19.9. The van der Waals surface area contributed by atoms with Crippen LogP contribution in [0, 0.1) is 0 Å². The fourth-order valence-electron chi connectivity index (χ4n) is 4.50. The van der Waals surface area contributed by atoms with E-state index in [4.69, 9.17) is 18.9 Å². The second-order valence-corrected chi connectivity index (χ2v) is 8.92. The van der Waals surface area contributed by atoms with Crippen LogP contribution in [-0.4, -0.2) is 67.3 Å². The first kappa shape index (κ1) is 26.0.